The number of rotatable bonds is 9. The molecular weight excluding hydrogens is 400 g/mol. The fraction of sp³-hybridized carbons (Fsp3) is 0.208. The summed E-state index contributed by atoms with van der Waals surface area (Å²) >= 11 is 1.40. The van der Waals surface area contributed by atoms with E-state index in [1.165, 1.54) is 23.9 Å². The highest BCUT2D eigenvalue weighted by Gasteiger charge is 2.30. The fourth-order valence-corrected chi connectivity index (χ4v) is 4.20. The van der Waals surface area contributed by atoms with E-state index in [0.717, 1.165) is 16.0 Å². The average Bonchev–Trinajstić information content (AvgIpc) is 2.79. The van der Waals surface area contributed by atoms with Gasteiger partial charge in [-0.15, -0.1) is 11.8 Å². The molecule has 3 aromatic carbocycles. The lowest BCUT2D eigenvalue weighted by Gasteiger charge is -2.28. The van der Waals surface area contributed by atoms with Gasteiger partial charge in [-0.2, -0.15) is 0 Å². The van der Waals surface area contributed by atoms with Gasteiger partial charge in [0.15, 0.2) is 0 Å². The van der Waals surface area contributed by atoms with Crippen LogP contribution in [0, 0.1) is 0 Å². The van der Waals surface area contributed by atoms with E-state index in [1.807, 2.05) is 30.3 Å². The van der Waals surface area contributed by atoms with Crippen LogP contribution in [0.1, 0.15) is 39.1 Å². The van der Waals surface area contributed by atoms with Gasteiger partial charge in [0, 0.05) is 16.6 Å². The van der Waals surface area contributed by atoms with E-state index >= 15 is 0 Å². The number of carbonyl (C=O) groups is 1. The number of hydrogen-bond acceptors (Lipinski definition) is 5. The molecule has 0 saturated heterocycles. The molecule has 156 valence electrons. The molecule has 3 unspecified atom stereocenters. The second-order valence-electron chi connectivity index (χ2n) is 6.99. The largest absolute Gasteiger partial charge is 0.478 e. The third kappa shape index (κ3) is 5.49. The molecule has 0 saturated carbocycles. The molecule has 3 aromatic rings. The highest BCUT2D eigenvalue weighted by atomic mass is 32.2. The maximum atomic E-state index is 11.1. The van der Waals surface area contributed by atoms with Crippen LogP contribution < -0.4 is 0 Å². The molecule has 5 nitrogen and oxygen atoms in total. The van der Waals surface area contributed by atoms with E-state index in [1.54, 1.807) is 36.4 Å². The van der Waals surface area contributed by atoms with Crippen molar-refractivity contribution in [1.29, 1.82) is 0 Å². The molecular formula is C24H24O5S. The molecule has 0 aliphatic rings. The van der Waals surface area contributed by atoms with Gasteiger partial charge in [-0.3, -0.25) is 0 Å². The Morgan fingerprint density at radius 1 is 0.833 bits per heavy atom. The third-order valence-corrected chi connectivity index (χ3v) is 6.08. The first-order chi connectivity index (χ1) is 14.5. The normalized spacial score (nSPS) is 14.1. The molecule has 0 bridgehead atoms. The number of carboxylic acid groups (broad SMARTS) is 1. The first-order valence-electron chi connectivity index (χ1n) is 9.56. The topological polar surface area (TPSA) is 98.0 Å². The molecule has 6 heteroatoms. The lowest BCUT2D eigenvalue weighted by Crippen LogP contribution is -2.27. The van der Waals surface area contributed by atoms with Gasteiger partial charge in [-0.1, -0.05) is 54.6 Å². The Hall–Kier alpha value is -2.64. The van der Waals surface area contributed by atoms with Crippen molar-refractivity contribution in [3.05, 3.63) is 101 Å². The highest BCUT2D eigenvalue weighted by molar-refractivity contribution is 7.99. The maximum Gasteiger partial charge on any atom is 0.335 e. The fourth-order valence-electron chi connectivity index (χ4n) is 3.30. The van der Waals surface area contributed by atoms with Crippen molar-refractivity contribution in [2.75, 3.05) is 5.75 Å². The second kappa shape index (κ2) is 10.4. The molecule has 3 rings (SSSR count). The van der Waals surface area contributed by atoms with E-state index in [2.05, 4.69) is 0 Å². The van der Waals surface area contributed by atoms with Crippen molar-refractivity contribution in [3.63, 3.8) is 0 Å². The summed E-state index contributed by atoms with van der Waals surface area (Å²) in [7, 11) is 0. The summed E-state index contributed by atoms with van der Waals surface area (Å²) in [5.74, 6) is -1.19. The summed E-state index contributed by atoms with van der Waals surface area (Å²) in [6.45, 7) is -0.0710. The smallest absolute Gasteiger partial charge is 0.335 e. The summed E-state index contributed by atoms with van der Waals surface area (Å²) in [6, 6.07) is 22.9. The van der Waals surface area contributed by atoms with Crippen LogP contribution in [0.3, 0.4) is 0 Å². The molecule has 0 fully saturated rings. The Morgan fingerprint density at radius 2 is 1.47 bits per heavy atom. The van der Waals surface area contributed by atoms with Crippen LogP contribution in [-0.4, -0.2) is 38.3 Å². The first kappa shape index (κ1) is 22.1. The van der Waals surface area contributed by atoms with Crippen LogP contribution in [0.25, 0.3) is 0 Å². The van der Waals surface area contributed by atoms with E-state index in [0.29, 0.717) is 11.3 Å². The summed E-state index contributed by atoms with van der Waals surface area (Å²) in [6.07, 6.45) is -1.77. The number of aliphatic hydroxyl groups is 3. The Morgan fingerprint density at radius 3 is 2.03 bits per heavy atom. The van der Waals surface area contributed by atoms with Crippen LogP contribution in [-0.2, 0) is 6.61 Å². The summed E-state index contributed by atoms with van der Waals surface area (Å²) in [5, 5.41) is 40.3. The van der Waals surface area contributed by atoms with Gasteiger partial charge >= 0.3 is 5.97 Å². The summed E-state index contributed by atoms with van der Waals surface area (Å²) in [4.78, 5) is 11.8. The van der Waals surface area contributed by atoms with Gasteiger partial charge in [0.2, 0.25) is 0 Å². The van der Waals surface area contributed by atoms with E-state index in [4.69, 9.17) is 5.11 Å². The molecule has 0 radical (unpaired) electrons. The monoisotopic (exact) mass is 424 g/mol. The predicted molar refractivity (Wildman–Crippen MR) is 117 cm³/mol. The van der Waals surface area contributed by atoms with Crippen LogP contribution in [0.15, 0.2) is 83.8 Å². The van der Waals surface area contributed by atoms with Crippen molar-refractivity contribution >= 4 is 17.7 Å². The van der Waals surface area contributed by atoms with E-state index in [-0.39, 0.29) is 12.2 Å². The molecule has 0 aromatic heterocycles. The average molecular weight is 425 g/mol. The standard InChI is InChI=1S/C24H24O5S/c25-14-16-6-8-18(9-7-16)23(27)22(17-4-2-1-3-5-17)21(26)15-30-20-12-10-19(11-13-20)24(28)29/h1-13,21-23,25-27H,14-15H2,(H,28,29). The Bertz CT molecular complexity index is 942. The molecule has 4 N–H and O–H groups in total. The number of benzene rings is 3. The third-order valence-electron chi connectivity index (χ3n) is 4.97. The number of carboxylic acids is 1. The lowest BCUT2D eigenvalue weighted by molar-refractivity contribution is 0.0641. The maximum absolute atomic E-state index is 11.1. The van der Waals surface area contributed by atoms with Gasteiger partial charge in [-0.05, 0) is 41.0 Å². The summed E-state index contributed by atoms with van der Waals surface area (Å²) in [5.41, 5.74) is 2.45. The minimum absolute atomic E-state index is 0.0710. The van der Waals surface area contributed by atoms with Crippen LogP contribution in [0.4, 0.5) is 0 Å². The molecule has 0 amide bonds. The minimum Gasteiger partial charge on any atom is -0.478 e. The van der Waals surface area contributed by atoms with E-state index in [9.17, 15) is 20.1 Å². The van der Waals surface area contributed by atoms with Gasteiger partial charge in [0.1, 0.15) is 0 Å². The lowest BCUT2D eigenvalue weighted by atomic mass is 9.85. The van der Waals surface area contributed by atoms with Crippen molar-refractivity contribution in [3.8, 4) is 0 Å². The molecule has 3 atom stereocenters. The predicted octanol–water partition coefficient (Wildman–Crippen LogP) is 3.85. The number of hydrogen-bond donors (Lipinski definition) is 4. The zero-order valence-corrected chi connectivity index (χ0v) is 17.1. The number of aromatic carboxylic acids is 1. The van der Waals surface area contributed by atoms with Crippen LogP contribution in [0.5, 0.6) is 0 Å². The number of aliphatic hydroxyl groups excluding tert-OH is 3. The zero-order chi connectivity index (χ0) is 21.5. The van der Waals surface area contributed by atoms with E-state index < -0.39 is 24.1 Å². The summed E-state index contributed by atoms with van der Waals surface area (Å²) < 4.78 is 0. The van der Waals surface area contributed by atoms with Crippen molar-refractivity contribution in [1.82, 2.24) is 0 Å². The zero-order valence-electron chi connectivity index (χ0n) is 16.3. The van der Waals surface area contributed by atoms with Gasteiger partial charge in [0.25, 0.3) is 0 Å². The first-order valence-corrected chi connectivity index (χ1v) is 10.5. The van der Waals surface area contributed by atoms with Gasteiger partial charge in [-0.25, -0.2) is 4.79 Å². The molecule has 30 heavy (non-hydrogen) atoms. The van der Waals surface area contributed by atoms with Crippen molar-refractivity contribution < 1.29 is 25.2 Å². The van der Waals surface area contributed by atoms with Crippen molar-refractivity contribution in [2.24, 2.45) is 0 Å². The highest BCUT2D eigenvalue weighted by Crippen LogP contribution is 2.36. The van der Waals surface area contributed by atoms with Gasteiger partial charge in [0.05, 0.1) is 24.4 Å². The molecule has 0 spiro atoms. The van der Waals surface area contributed by atoms with Crippen LogP contribution in [0.2, 0.25) is 0 Å². The SMILES string of the molecule is O=C(O)c1ccc(SCC(O)C(c2ccccc2)C(O)c2ccc(CO)cc2)cc1. The second-order valence-corrected chi connectivity index (χ2v) is 8.08. The minimum atomic E-state index is -0.980. The quantitative estimate of drug-likeness (QED) is 0.390. The van der Waals surface area contributed by atoms with Gasteiger partial charge < -0.3 is 20.4 Å². The molecule has 0 aliphatic carbocycles. The number of thioether (sulfide) groups is 1. The van der Waals surface area contributed by atoms with Crippen molar-refractivity contribution in [2.45, 2.75) is 29.6 Å². The molecule has 0 aliphatic heterocycles. The van der Waals surface area contributed by atoms with Crippen LogP contribution >= 0.6 is 11.8 Å². The Labute approximate surface area is 179 Å². The Balaban J connectivity index is 1.78. The molecule has 0 heterocycles. The Kier molecular flexibility index (Phi) is 7.65.